The molecule has 29 heavy (non-hydrogen) atoms. The maximum atomic E-state index is 13.3. The highest BCUT2D eigenvalue weighted by atomic mass is 32.2. The van der Waals surface area contributed by atoms with Crippen LogP contribution in [0, 0.1) is 5.82 Å². The summed E-state index contributed by atoms with van der Waals surface area (Å²) in [6.07, 6.45) is 2.01. The molecule has 4 rings (SSSR count). The van der Waals surface area contributed by atoms with Crippen LogP contribution in [-0.2, 0) is 6.54 Å². The first-order valence-corrected chi connectivity index (χ1v) is 10.1. The van der Waals surface area contributed by atoms with E-state index in [-0.39, 0.29) is 11.4 Å². The molecule has 3 aromatic carbocycles. The Morgan fingerprint density at radius 3 is 2.66 bits per heavy atom. The van der Waals surface area contributed by atoms with Gasteiger partial charge in [0.2, 0.25) is 5.95 Å². The molecular formula is C22H18FN3O2S. The van der Waals surface area contributed by atoms with Gasteiger partial charge in [0.1, 0.15) is 5.82 Å². The zero-order valence-electron chi connectivity index (χ0n) is 15.6. The number of rotatable bonds is 6. The van der Waals surface area contributed by atoms with E-state index in [1.165, 1.54) is 12.1 Å². The predicted octanol–water partition coefficient (Wildman–Crippen LogP) is 5.39. The molecule has 146 valence electrons. The Morgan fingerprint density at radius 2 is 1.93 bits per heavy atom. The van der Waals surface area contributed by atoms with Gasteiger partial charge < -0.3 is 15.0 Å². The van der Waals surface area contributed by atoms with Gasteiger partial charge >= 0.3 is 5.97 Å². The van der Waals surface area contributed by atoms with E-state index >= 15 is 0 Å². The molecule has 0 fully saturated rings. The minimum atomic E-state index is -0.998. The molecule has 0 radical (unpaired) electrons. The second kappa shape index (κ2) is 7.97. The molecule has 0 spiro atoms. The lowest BCUT2D eigenvalue weighted by molar-refractivity contribution is 0.0697. The van der Waals surface area contributed by atoms with Gasteiger partial charge in [-0.05, 0) is 60.4 Å². The van der Waals surface area contributed by atoms with Gasteiger partial charge in [0.05, 0.1) is 23.1 Å². The van der Waals surface area contributed by atoms with Crippen LogP contribution in [0.2, 0.25) is 0 Å². The summed E-state index contributed by atoms with van der Waals surface area (Å²) in [4.78, 5) is 17.1. The average Bonchev–Trinajstić information content (AvgIpc) is 3.06. The number of carbonyl (C=O) groups is 1. The molecule has 4 aromatic rings. The first kappa shape index (κ1) is 19.0. The first-order chi connectivity index (χ1) is 14.0. The highest BCUT2D eigenvalue weighted by molar-refractivity contribution is 7.98. The van der Waals surface area contributed by atoms with Crippen molar-refractivity contribution in [1.29, 1.82) is 0 Å². The number of aromatic carboxylic acids is 1. The quantitative estimate of drug-likeness (QED) is 0.420. The Hall–Kier alpha value is -3.32. The molecule has 0 unspecified atom stereocenters. The third-order valence-electron chi connectivity index (χ3n) is 4.58. The Labute approximate surface area is 171 Å². The van der Waals surface area contributed by atoms with Crippen molar-refractivity contribution in [2.45, 2.75) is 11.4 Å². The number of fused-ring (bicyclic) bond motifs is 1. The van der Waals surface area contributed by atoms with Gasteiger partial charge in [-0.3, -0.25) is 0 Å². The SMILES string of the molecule is CSc1cccc(Nc2nc3cc(C(=O)O)ccc3n2Cc2ccc(F)cc2)c1. The predicted molar refractivity (Wildman–Crippen MR) is 114 cm³/mol. The second-order valence-corrected chi connectivity index (χ2v) is 7.39. The summed E-state index contributed by atoms with van der Waals surface area (Å²) in [5.41, 5.74) is 3.35. The zero-order valence-corrected chi connectivity index (χ0v) is 16.4. The fraction of sp³-hybridized carbons (Fsp3) is 0.0909. The number of thioether (sulfide) groups is 1. The summed E-state index contributed by atoms with van der Waals surface area (Å²) < 4.78 is 15.2. The monoisotopic (exact) mass is 407 g/mol. The molecule has 0 aliphatic heterocycles. The molecule has 0 saturated heterocycles. The van der Waals surface area contributed by atoms with Gasteiger partial charge in [-0.15, -0.1) is 11.8 Å². The molecule has 0 bridgehead atoms. The molecule has 0 saturated carbocycles. The van der Waals surface area contributed by atoms with Gasteiger partial charge in [0, 0.05) is 10.6 Å². The van der Waals surface area contributed by atoms with Crippen LogP contribution in [0.1, 0.15) is 15.9 Å². The van der Waals surface area contributed by atoms with Gasteiger partial charge in [-0.25, -0.2) is 14.2 Å². The normalized spacial score (nSPS) is 11.0. The number of benzene rings is 3. The third-order valence-corrected chi connectivity index (χ3v) is 5.30. The number of carboxylic acid groups (broad SMARTS) is 1. The Bertz CT molecular complexity index is 1190. The van der Waals surface area contributed by atoms with Crippen LogP contribution in [0.3, 0.4) is 0 Å². The number of hydrogen-bond acceptors (Lipinski definition) is 4. The molecule has 0 atom stereocenters. The van der Waals surface area contributed by atoms with Gasteiger partial charge in [-0.1, -0.05) is 18.2 Å². The standard InChI is InChI=1S/C22H18FN3O2S/c1-29-18-4-2-3-17(12-18)24-22-25-19-11-15(21(27)28)7-10-20(19)26(22)13-14-5-8-16(23)9-6-14/h2-12H,13H2,1H3,(H,24,25)(H,27,28). The van der Waals surface area contributed by atoms with Crippen molar-refractivity contribution in [2.75, 3.05) is 11.6 Å². The van der Waals surface area contributed by atoms with Gasteiger partial charge in [0.25, 0.3) is 0 Å². The lowest BCUT2D eigenvalue weighted by Gasteiger charge is -2.12. The average molecular weight is 407 g/mol. The number of carboxylic acids is 1. The highest BCUT2D eigenvalue weighted by Crippen LogP contribution is 2.27. The van der Waals surface area contributed by atoms with Crippen LogP contribution in [0.25, 0.3) is 11.0 Å². The van der Waals surface area contributed by atoms with E-state index in [0.29, 0.717) is 18.0 Å². The van der Waals surface area contributed by atoms with E-state index in [9.17, 15) is 14.3 Å². The fourth-order valence-corrected chi connectivity index (χ4v) is 3.58. The summed E-state index contributed by atoms with van der Waals surface area (Å²) >= 11 is 1.64. The molecular weight excluding hydrogens is 389 g/mol. The summed E-state index contributed by atoms with van der Waals surface area (Å²) in [7, 11) is 0. The molecule has 0 aliphatic carbocycles. The van der Waals surface area contributed by atoms with Crippen LogP contribution in [0.5, 0.6) is 0 Å². The van der Waals surface area contributed by atoms with Crippen LogP contribution in [-0.4, -0.2) is 26.9 Å². The van der Waals surface area contributed by atoms with Crippen LogP contribution in [0.4, 0.5) is 16.0 Å². The van der Waals surface area contributed by atoms with Crippen molar-refractivity contribution in [1.82, 2.24) is 9.55 Å². The summed E-state index contributed by atoms with van der Waals surface area (Å²) in [5.74, 6) is -0.699. The van der Waals surface area contributed by atoms with Crippen molar-refractivity contribution < 1.29 is 14.3 Å². The maximum absolute atomic E-state index is 13.3. The van der Waals surface area contributed by atoms with E-state index in [0.717, 1.165) is 21.7 Å². The van der Waals surface area contributed by atoms with Crippen molar-refractivity contribution in [2.24, 2.45) is 0 Å². The van der Waals surface area contributed by atoms with E-state index in [1.54, 1.807) is 42.1 Å². The number of hydrogen-bond donors (Lipinski definition) is 2. The molecule has 7 heteroatoms. The largest absolute Gasteiger partial charge is 0.478 e. The van der Waals surface area contributed by atoms with Crippen LogP contribution >= 0.6 is 11.8 Å². The van der Waals surface area contributed by atoms with Crippen molar-refractivity contribution in [3.05, 3.63) is 83.7 Å². The number of aromatic nitrogens is 2. The lowest BCUT2D eigenvalue weighted by Crippen LogP contribution is -2.05. The molecule has 2 N–H and O–H groups in total. The van der Waals surface area contributed by atoms with E-state index in [4.69, 9.17) is 0 Å². The molecule has 1 aromatic heterocycles. The summed E-state index contributed by atoms with van der Waals surface area (Å²) in [6.45, 7) is 0.466. The number of imidazole rings is 1. The number of nitrogens with one attached hydrogen (secondary N) is 1. The number of halogens is 1. The lowest BCUT2D eigenvalue weighted by atomic mass is 10.2. The first-order valence-electron chi connectivity index (χ1n) is 8.92. The summed E-state index contributed by atoms with van der Waals surface area (Å²) in [6, 6.07) is 19.1. The Kier molecular flexibility index (Phi) is 5.22. The molecule has 0 amide bonds. The minimum Gasteiger partial charge on any atom is -0.478 e. The third kappa shape index (κ3) is 4.09. The zero-order chi connectivity index (χ0) is 20.4. The topological polar surface area (TPSA) is 67.2 Å². The molecule has 0 aliphatic rings. The number of nitrogens with zero attached hydrogens (tertiary/aromatic N) is 2. The fourth-order valence-electron chi connectivity index (χ4n) is 3.12. The maximum Gasteiger partial charge on any atom is 0.335 e. The van der Waals surface area contributed by atoms with E-state index < -0.39 is 5.97 Å². The Morgan fingerprint density at radius 1 is 1.14 bits per heavy atom. The molecule has 5 nitrogen and oxygen atoms in total. The second-order valence-electron chi connectivity index (χ2n) is 6.51. The summed E-state index contributed by atoms with van der Waals surface area (Å²) in [5, 5.41) is 12.6. The van der Waals surface area contributed by atoms with Crippen molar-refractivity contribution >= 4 is 40.4 Å². The smallest absolute Gasteiger partial charge is 0.335 e. The van der Waals surface area contributed by atoms with E-state index in [1.807, 2.05) is 35.1 Å². The number of anilines is 2. The van der Waals surface area contributed by atoms with E-state index in [2.05, 4.69) is 10.3 Å². The van der Waals surface area contributed by atoms with Crippen LogP contribution < -0.4 is 5.32 Å². The minimum absolute atomic E-state index is 0.180. The highest BCUT2D eigenvalue weighted by Gasteiger charge is 2.14. The van der Waals surface area contributed by atoms with Gasteiger partial charge in [-0.2, -0.15) is 0 Å². The Balaban J connectivity index is 1.79. The molecule has 1 heterocycles. The van der Waals surface area contributed by atoms with Crippen LogP contribution in [0.15, 0.2) is 71.6 Å². The van der Waals surface area contributed by atoms with Gasteiger partial charge in [0.15, 0.2) is 0 Å². The van der Waals surface area contributed by atoms with Crippen molar-refractivity contribution in [3.63, 3.8) is 0 Å². The van der Waals surface area contributed by atoms with Crippen molar-refractivity contribution in [3.8, 4) is 0 Å².